The number of rotatable bonds is 5. The summed E-state index contributed by atoms with van der Waals surface area (Å²) in [5.41, 5.74) is 6.77. The maximum Gasteiger partial charge on any atom is 0.253 e. The lowest BCUT2D eigenvalue weighted by atomic mass is 9.90. The lowest BCUT2D eigenvalue weighted by Crippen LogP contribution is -2.45. The number of hydrogen-bond acceptors (Lipinski definition) is 3. The van der Waals surface area contributed by atoms with E-state index in [2.05, 4.69) is 0 Å². The molecule has 26 heavy (non-hydrogen) atoms. The Morgan fingerprint density at radius 3 is 2.50 bits per heavy atom. The first kappa shape index (κ1) is 21.0. The summed E-state index contributed by atoms with van der Waals surface area (Å²) < 4.78 is 5.93. The van der Waals surface area contributed by atoms with Crippen molar-refractivity contribution in [3.05, 3.63) is 29.8 Å². The molecule has 146 valence electrons. The Morgan fingerprint density at radius 2 is 1.85 bits per heavy atom. The molecule has 1 saturated carbocycles. The van der Waals surface area contributed by atoms with Gasteiger partial charge in [0.05, 0.1) is 6.61 Å². The Balaban J connectivity index is 0.00000243. The molecule has 2 atom stereocenters. The minimum Gasteiger partial charge on any atom is -0.493 e. The minimum atomic E-state index is 0. The number of halogens is 1. The molecular formula is C21H33ClN2O2. The van der Waals surface area contributed by atoms with Crippen molar-refractivity contribution in [2.24, 2.45) is 17.6 Å². The fourth-order valence-corrected chi connectivity index (χ4v) is 4.07. The third kappa shape index (κ3) is 5.62. The summed E-state index contributed by atoms with van der Waals surface area (Å²) in [6.07, 6.45) is 8.77. The van der Waals surface area contributed by atoms with Gasteiger partial charge < -0.3 is 15.4 Å². The molecule has 0 aromatic heterocycles. The van der Waals surface area contributed by atoms with Crippen molar-refractivity contribution in [3.63, 3.8) is 0 Å². The molecule has 1 amide bonds. The van der Waals surface area contributed by atoms with Gasteiger partial charge in [-0.1, -0.05) is 19.3 Å². The van der Waals surface area contributed by atoms with E-state index in [1.807, 2.05) is 36.1 Å². The number of amides is 1. The predicted molar refractivity (Wildman–Crippen MR) is 108 cm³/mol. The molecule has 2 unspecified atom stereocenters. The molecule has 2 fully saturated rings. The second-order valence-corrected chi connectivity index (χ2v) is 7.85. The van der Waals surface area contributed by atoms with Crippen LogP contribution < -0.4 is 10.5 Å². The van der Waals surface area contributed by atoms with Crippen LogP contribution in [0.1, 0.15) is 62.2 Å². The van der Waals surface area contributed by atoms with E-state index < -0.39 is 0 Å². The number of hydrogen-bond donors (Lipinski definition) is 1. The van der Waals surface area contributed by atoms with E-state index in [1.54, 1.807) is 0 Å². The maximum atomic E-state index is 12.7. The van der Waals surface area contributed by atoms with Crippen LogP contribution in [0.25, 0.3) is 0 Å². The summed E-state index contributed by atoms with van der Waals surface area (Å²) in [6, 6.07) is 7.81. The number of benzene rings is 1. The monoisotopic (exact) mass is 380 g/mol. The number of carbonyl (C=O) groups is 1. The Bertz CT molecular complexity index is 556. The first-order chi connectivity index (χ1) is 12.1. The molecule has 2 aliphatic rings. The predicted octanol–water partition coefficient (Wildman–Crippen LogP) is 4.27. The molecule has 1 aliphatic heterocycles. The van der Waals surface area contributed by atoms with E-state index in [-0.39, 0.29) is 24.4 Å². The van der Waals surface area contributed by atoms with Crippen LogP contribution in [-0.2, 0) is 0 Å². The fourth-order valence-electron chi connectivity index (χ4n) is 4.07. The van der Waals surface area contributed by atoms with Gasteiger partial charge >= 0.3 is 0 Å². The highest BCUT2D eigenvalue weighted by Crippen LogP contribution is 2.25. The fraction of sp³-hybridized carbons (Fsp3) is 0.667. The molecule has 3 rings (SSSR count). The molecule has 1 saturated heterocycles. The van der Waals surface area contributed by atoms with Gasteiger partial charge in [-0.25, -0.2) is 0 Å². The van der Waals surface area contributed by atoms with Gasteiger partial charge in [0.15, 0.2) is 0 Å². The van der Waals surface area contributed by atoms with Crippen molar-refractivity contribution in [2.45, 2.75) is 57.9 Å². The summed E-state index contributed by atoms with van der Waals surface area (Å²) in [5.74, 6) is 2.09. The summed E-state index contributed by atoms with van der Waals surface area (Å²) in [5, 5.41) is 0. The van der Waals surface area contributed by atoms with Gasteiger partial charge in [-0.15, -0.1) is 12.4 Å². The third-order valence-corrected chi connectivity index (χ3v) is 5.80. The number of piperidine rings is 1. The number of likely N-dealkylation sites (tertiary alicyclic amines) is 1. The van der Waals surface area contributed by atoms with Gasteiger partial charge in [0.25, 0.3) is 5.91 Å². The molecule has 0 radical (unpaired) electrons. The topological polar surface area (TPSA) is 55.6 Å². The van der Waals surface area contributed by atoms with Gasteiger partial charge in [-0.3, -0.25) is 4.79 Å². The Hall–Kier alpha value is -1.26. The van der Waals surface area contributed by atoms with Crippen molar-refractivity contribution in [2.75, 3.05) is 19.7 Å². The van der Waals surface area contributed by atoms with Gasteiger partial charge in [0.1, 0.15) is 5.75 Å². The van der Waals surface area contributed by atoms with Crippen molar-refractivity contribution in [1.82, 2.24) is 4.90 Å². The molecular weight excluding hydrogens is 348 g/mol. The number of nitrogens with two attached hydrogens (primary N) is 1. The van der Waals surface area contributed by atoms with E-state index >= 15 is 0 Å². The zero-order valence-electron chi connectivity index (χ0n) is 15.9. The Kier molecular flexibility index (Phi) is 8.23. The number of ether oxygens (including phenoxy) is 1. The first-order valence-electron chi connectivity index (χ1n) is 9.91. The van der Waals surface area contributed by atoms with E-state index in [9.17, 15) is 4.79 Å². The zero-order chi connectivity index (χ0) is 17.6. The van der Waals surface area contributed by atoms with Crippen LogP contribution in [0, 0.1) is 11.8 Å². The molecule has 0 spiro atoms. The van der Waals surface area contributed by atoms with Gasteiger partial charge in [0.2, 0.25) is 0 Å². The molecule has 0 bridgehead atoms. The molecule has 2 N–H and O–H groups in total. The standard InChI is InChI=1S/C21H32N2O2.ClH/c1-16(22)19-8-5-13-23(14-19)21(24)18-9-11-20(12-10-18)25-15-17-6-3-2-4-7-17;/h9-12,16-17,19H,2-8,13-15,22H2,1H3;1H. The summed E-state index contributed by atoms with van der Waals surface area (Å²) in [4.78, 5) is 14.7. The van der Waals surface area contributed by atoms with E-state index in [0.29, 0.717) is 11.8 Å². The largest absolute Gasteiger partial charge is 0.493 e. The molecule has 1 aliphatic carbocycles. The maximum absolute atomic E-state index is 12.7. The van der Waals surface area contributed by atoms with Crippen molar-refractivity contribution in [3.8, 4) is 5.75 Å². The molecule has 4 nitrogen and oxygen atoms in total. The van der Waals surface area contributed by atoms with Crippen molar-refractivity contribution >= 4 is 18.3 Å². The highest BCUT2D eigenvalue weighted by atomic mass is 35.5. The van der Waals surface area contributed by atoms with Crippen LogP contribution in [0.3, 0.4) is 0 Å². The van der Waals surface area contributed by atoms with Crippen LogP contribution in [0.2, 0.25) is 0 Å². The number of nitrogens with zero attached hydrogens (tertiary/aromatic N) is 1. The molecule has 5 heteroatoms. The lowest BCUT2D eigenvalue weighted by Gasteiger charge is -2.34. The quantitative estimate of drug-likeness (QED) is 0.829. The SMILES string of the molecule is CC(N)C1CCCN(C(=O)c2ccc(OCC3CCCCC3)cc2)C1.Cl. The third-order valence-electron chi connectivity index (χ3n) is 5.80. The summed E-state index contributed by atoms with van der Waals surface area (Å²) >= 11 is 0. The second kappa shape index (κ2) is 10.2. The number of carbonyl (C=O) groups excluding carboxylic acids is 1. The summed E-state index contributed by atoms with van der Waals surface area (Å²) in [7, 11) is 0. The average molecular weight is 381 g/mol. The van der Waals surface area contributed by atoms with Gasteiger partial charge in [-0.2, -0.15) is 0 Å². The molecule has 1 heterocycles. The van der Waals surface area contributed by atoms with Crippen LogP contribution >= 0.6 is 12.4 Å². The average Bonchev–Trinajstić information content (AvgIpc) is 2.67. The lowest BCUT2D eigenvalue weighted by molar-refractivity contribution is 0.0661. The second-order valence-electron chi connectivity index (χ2n) is 7.85. The summed E-state index contributed by atoms with van der Waals surface area (Å²) in [6.45, 7) is 4.45. The molecule has 1 aromatic rings. The van der Waals surface area contributed by atoms with Crippen LogP contribution in [0.15, 0.2) is 24.3 Å². The zero-order valence-corrected chi connectivity index (χ0v) is 16.7. The van der Waals surface area contributed by atoms with Crippen molar-refractivity contribution in [1.29, 1.82) is 0 Å². The smallest absolute Gasteiger partial charge is 0.253 e. The van der Waals surface area contributed by atoms with E-state index in [4.69, 9.17) is 10.5 Å². The van der Waals surface area contributed by atoms with Crippen LogP contribution in [0.5, 0.6) is 5.75 Å². The Morgan fingerprint density at radius 1 is 1.15 bits per heavy atom. The van der Waals surface area contributed by atoms with Crippen LogP contribution in [-0.4, -0.2) is 36.5 Å². The Labute approximate surface area is 163 Å². The molecule has 1 aromatic carbocycles. The van der Waals surface area contributed by atoms with Gasteiger partial charge in [0, 0.05) is 24.7 Å². The van der Waals surface area contributed by atoms with E-state index in [1.165, 1.54) is 32.1 Å². The normalized spacial score (nSPS) is 22.4. The van der Waals surface area contributed by atoms with Crippen molar-refractivity contribution < 1.29 is 9.53 Å². The first-order valence-corrected chi connectivity index (χ1v) is 9.91. The highest BCUT2D eigenvalue weighted by molar-refractivity contribution is 5.94. The van der Waals surface area contributed by atoms with Gasteiger partial charge in [-0.05, 0) is 68.7 Å². The minimum absolute atomic E-state index is 0. The van der Waals surface area contributed by atoms with E-state index in [0.717, 1.165) is 43.9 Å². The highest BCUT2D eigenvalue weighted by Gasteiger charge is 2.26. The van der Waals surface area contributed by atoms with Crippen LogP contribution in [0.4, 0.5) is 0 Å².